The maximum absolute atomic E-state index is 5.00. The van der Waals surface area contributed by atoms with E-state index in [1.807, 2.05) is 0 Å². The van der Waals surface area contributed by atoms with Crippen LogP contribution < -0.4 is 0 Å². The fourth-order valence-electron chi connectivity index (χ4n) is 0.0556. The molecule has 0 spiro atoms. The number of hydrogen-bond acceptors (Lipinski definition) is 1. The Balaban J connectivity index is 2.17. The fourth-order valence-corrected chi connectivity index (χ4v) is 0.0556. The summed E-state index contributed by atoms with van der Waals surface area (Å²) >= 11 is 0. The Labute approximate surface area is 26.4 Å². The van der Waals surface area contributed by atoms with E-state index in [2.05, 4.69) is 4.74 Å². The van der Waals surface area contributed by atoms with Crippen LogP contribution in [0.25, 0.3) is 0 Å². The number of rotatable bonds is 0. The van der Waals surface area contributed by atoms with Crippen LogP contribution in [0.3, 0.4) is 0 Å². The molecule has 1 aliphatic rings. The van der Waals surface area contributed by atoms with Gasteiger partial charge in [0.05, 0.1) is 6.61 Å². The SMILES string of the molecule is [B]C1CO1. The minimum absolute atomic E-state index is 0.0833. The molecule has 1 saturated heterocycles. The Morgan fingerprint density at radius 3 is 2.25 bits per heavy atom. The van der Waals surface area contributed by atoms with Gasteiger partial charge >= 0.3 is 0 Å². The Morgan fingerprint density at radius 2 is 2.25 bits per heavy atom. The molecule has 0 N–H and O–H groups in total. The predicted molar refractivity (Wildman–Crippen MR) is 15.5 cm³/mol. The van der Waals surface area contributed by atoms with Crippen LogP contribution in [-0.2, 0) is 4.74 Å². The van der Waals surface area contributed by atoms with Gasteiger partial charge in [-0.1, -0.05) is 0 Å². The fraction of sp³-hybridized carbons (Fsp3) is 1.00. The van der Waals surface area contributed by atoms with Gasteiger partial charge in [-0.3, -0.25) is 0 Å². The number of hydrogen-bond donors (Lipinski definition) is 0. The summed E-state index contributed by atoms with van der Waals surface area (Å²) in [6.07, 6.45) is 0. The molecular weight excluding hydrogens is 50.8 g/mol. The predicted octanol–water partition coefficient (Wildman–Crippen LogP) is -0.489. The zero-order valence-electron chi connectivity index (χ0n) is 2.27. The van der Waals surface area contributed by atoms with E-state index in [1.54, 1.807) is 0 Å². The molecule has 0 amide bonds. The second-order valence-corrected chi connectivity index (χ2v) is 0.872. The van der Waals surface area contributed by atoms with Crippen molar-refractivity contribution < 1.29 is 4.74 Å². The smallest absolute Gasteiger partial charge is 0.112 e. The van der Waals surface area contributed by atoms with E-state index in [-0.39, 0.29) is 6.00 Å². The van der Waals surface area contributed by atoms with Crippen LogP contribution in [0.4, 0.5) is 0 Å². The quantitative estimate of drug-likeness (QED) is 0.268. The molecule has 1 heterocycles. The van der Waals surface area contributed by atoms with Gasteiger partial charge < -0.3 is 4.74 Å². The highest BCUT2D eigenvalue weighted by atomic mass is 16.6. The molecule has 1 nitrogen and oxygen atoms in total. The highest BCUT2D eigenvalue weighted by molar-refractivity contribution is 6.12. The van der Waals surface area contributed by atoms with E-state index >= 15 is 0 Å². The van der Waals surface area contributed by atoms with E-state index in [9.17, 15) is 0 Å². The summed E-state index contributed by atoms with van der Waals surface area (Å²) in [6, 6.07) is 0.0833. The average Bonchev–Trinajstić information content (AvgIpc) is 1.75. The molecule has 2 radical (unpaired) electrons. The first kappa shape index (κ1) is 2.27. The molecule has 2 heteroatoms. The Hall–Kier alpha value is 0.0249. The zero-order chi connectivity index (χ0) is 2.99. The van der Waals surface area contributed by atoms with Gasteiger partial charge in [-0.25, -0.2) is 0 Å². The minimum atomic E-state index is 0.0833. The van der Waals surface area contributed by atoms with Crippen molar-refractivity contribution in [1.82, 2.24) is 0 Å². The van der Waals surface area contributed by atoms with Crippen molar-refractivity contribution in [3.8, 4) is 0 Å². The van der Waals surface area contributed by atoms with Crippen LogP contribution in [-0.4, -0.2) is 20.5 Å². The lowest BCUT2D eigenvalue weighted by Gasteiger charge is -1.50. The third-order valence-corrected chi connectivity index (χ3v) is 0.359. The summed E-state index contributed by atoms with van der Waals surface area (Å²) in [4.78, 5) is 0. The molecule has 1 unspecified atom stereocenters. The number of ether oxygens (including phenoxy) is 1. The van der Waals surface area contributed by atoms with Crippen LogP contribution >= 0.6 is 0 Å². The van der Waals surface area contributed by atoms with E-state index in [1.165, 1.54) is 0 Å². The van der Waals surface area contributed by atoms with E-state index in [4.69, 9.17) is 7.85 Å². The van der Waals surface area contributed by atoms with Crippen LogP contribution in [0.5, 0.6) is 0 Å². The molecule has 1 fully saturated rings. The highest BCUT2D eigenvalue weighted by Crippen LogP contribution is 1.99. The van der Waals surface area contributed by atoms with Gasteiger partial charge in [-0.15, -0.1) is 0 Å². The number of epoxide rings is 1. The van der Waals surface area contributed by atoms with E-state index < -0.39 is 0 Å². The molecule has 0 aromatic rings. The van der Waals surface area contributed by atoms with Gasteiger partial charge in [0, 0.05) is 6.00 Å². The van der Waals surface area contributed by atoms with Gasteiger partial charge in [0.15, 0.2) is 0 Å². The molecule has 1 atom stereocenters. The Kier molecular flexibility index (Phi) is 0.279. The first-order valence-electron chi connectivity index (χ1n) is 1.27. The molecule has 1 rings (SSSR count). The lowest BCUT2D eigenvalue weighted by Crippen LogP contribution is -1.72. The maximum Gasteiger partial charge on any atom is 0.112 e. The Morgan fingerprint density at radius 1 is 2.00 bits per heavy atom. The molecule has 20 valence electrons. The summed E-state index contributed by atoms with van der Waals surface area (Å²) in [7, 11) is 5.00. The van der Waals surface area contributed by atoms with Crippen molar-refractivity contribution in [3.63, 3.8) is 0 Å². The summed E-state index contributed by atoms with van der Waals surface area (Å²) in [5.74, 6) is 0. The second kappa shape index (κ2) is 0.491. The first-order valence-corrected chi connectivity index (χ1v) is 1.27. The van der Waals surface area contributed by atoms with Crippen molar-refractivity contribution >= 4 is 7.85 Å². The monoisotopic (exact) mass is 54.0 g/mol. The summed E-state index contributed by atoms with van der Waals surface area (Å²) < 4.78 is 4.49. The molecular formula is C2H3BO. The van der Waals surface area contributed by atoms with Crippen molar-refractivity contribution in [2.24, 2.45) is 0 Å². The summed E-state index contributed by atoms with van der Waals surface area (Å²) in [5.41, 5.74) is 0. The minimum Gasteiger partial charge on any atom is -0.384 e. The van der Waals surface area contributed by atoms with Gasteiger partial charge in [0.25, 0.3) is 0 Å². The van der Waals surface area contributed by atoms with Crippen molar-refractivity contribution in [2.45, 2.75) is 6.00 Å². The van der Waals surface area contributed by atoms with Crippen LogP contribution in [0.2, 0.25) is 0 Å². The molecule has 0 saturated carbocycles. The van der Waals surface area contributed by atoms with E-state index in [0.717, 1.165) is 6.61 Å². The summed E-state index contributed by atoms with van der Waals surface area (Å²) in [5, 5.41) is 0. The van der Waals surface area contributed by atoms with Gasteiger partial charge in [0.1, 0.15) is 7.85 Å². The third kappa shape index (κ3) is 0.232. The molecule has 0 bridgehead atoms. The standard InChI is InChI=1S/C2H3BO/c3-2-1-4-2/h2H,1H2. The van der Waals surface area contributed by atoms with Gasteiger partial charge in [-0.05, 0) is 0 Å². The third-order valence-electron chi connectivity index (χ3n) is 0.359. The van der Waals surface area contributed by atoms with Gasteiger partial charge in [-0.2, -0.15) is 0 Å². The molecule has 0 aromatic carbocycles. The lowest BCUT2D eigenvalue weighted by molar-refractivity contribution is 0.457. The van der Waals surface area contributed by atoms with Crippen molar-refractivity contribution in [3.05, 3.63) is 0 Å². The summed E-state index contributed by atoms with van der Waals surface area (Å²) in [6.45, 7) is 0.764. The lowest BCUT2D eigenvalue weighted by atomic mass is 10.1. The second-order valence-electron chi connectivity index (χ2n) is 0.872. The zero-order valence-corrected chi connectivity index (χ0v) is 2.27. The molecule has 0 aromatic heterocycles. The largest absolute Gasteiger partial charge is 0.384 e. The van der Waals surface area contributed by atoms with Crippen molar-refractivity contribution in [2.75, 3.05) is 6.61 Å². The normalized spacial score (nSPS) is 39.5. The first-order chi connectivity index (χ1) is 1.89. The maximum atomic E-state index is 5.00. The van der Waals surface area contributed by atoms with Crippen molar-refractivity contribution in [1.29, 1.82) is 0 Å². The average molecular weight is 53.9 g/mol. The highest BCUT2D eigenvalue weighted by Gasteiger charge is 2.12. The van der Waals surface area contributed by atoms with Crippen LogP contribution in [0.1, 0.15) is 0 Å². The molecule has 4 heavy (non-hydrogen) atoms. The molecule has 0 aliphatic carbocycles. The van der Waals surface area contributed by atoms with Gasteiger partial charge in [0.2, 0.25) is 0 Å². The van der Waals surface area contributed by atoms with Crippen LogP contribution in [0, 0.1) is 0 Å². The Bertz CT molecular complexity index is 25.2. The van der Waals surface area contributed by atoms with E-state index in [0.29, 0.717) is 0 Å². The molecule has 1 aliphatic heterocycles. The topological polar surface area (TPSA) is 12.5 Å². The van der Waals surface area contributed by atoms with Crippen LogP contribution in [0.15, 0.2) is 0 Å².